The van der Waals surface area contributed by atoms with Gasteiger partial charge in [0.25, 0.3) is 6.36 Å². The first-order chi connectivity index (χ1) is 4.87. The van der Waals surface area contributed by atoms with E-state index in [9.17, 15) is 9.18 Å². The van der Waals surface area contributed by atoms with Crippen LogP contribution in [0.2, 0.25) is 0 Å². The van der Waals surface area contributed by atoms with Gasteiger partial charge >= 0.3 is 5.97 Å². The maximum Gasteiger partial charge on any atom is 0.369 e. The lowest BCUT2D eigenvalue weighted by Crippen LogP contribution is -2.30. The van der Waals surface area contributed by atoms with Crippen molar-refractivity contribution in [3.8, 4) is 0 Å². The average molecular weight is 164 g/mol. The molecule has 0 aromatic heterocycles. The van der Waals surface area contributed by atoms with Crippen LogP contribution in [-0.4, -0.2) is 25.0 Å². The Kier molecular flexibility index (Phi) is 3.45. The second kappa shape index (κ2) is 3.67. The Hall–Kier alpha value is -0.640. The van der Waals surface area contributed by atoms with Crippen LogP contribution in [0.15, 0.2) is 0 Å². The molecule has 1 atom stereocenters. The van der Waals surface area contributed by atoms with Gasteiger partial charge in [-0.05, 0) is 20.8 Å². The van der Waals surface area contributed by atoms with Gasteiger partial charge in [0.1, 0.15) is 5.60 Å². The van der Waals surface area contributed by atoms with E-state index in [2.05, 4.69) is 9.47 Å². The Morgan fingerprint density at radius 2 is 1.91 bits per heavy atom. The third-order valence-corrected chi connectivity index (χ3v) is 0.799. The zero-order valence-electron chi connectivity index (χ0n) is 7.18. The Morgan fingerprint density at radius 1 is 1.45 bits per heavy atom. The predicted molar refractivity (Wildman–Crippen MR) is 37.8 cm³/mol. The summed E-state index contributed by atoms with van der Waals surface area (Å²) >= 11 is 0. The van der Waals surface area contributed by atoms with Gasteiger partial charge in [-0.25, -0.2) is 9.18 Å². The van der Waals surface area contributed by atoms with Crippen molar-refractivity contribution in [2.45, 2.75) is 32.7 Å². The molecule has 0 aliphatic carbocycles. The monoisotopic (exact) mass is 164 g/mol. The molecule has 0 amide bonds. The summed E-state index contributed by atoms with van der Waals surface area (Å²) in [6, 6.07) is 0. The summed E-state index contributed by atoms with van der Waals surface area (Å²) in [4.78, 5) is 10.7. The fourth-order valence-electron chi connectivity index (χ4n) is 0.444. The molecule has 11 heavy (non-hydrogen) atoms. The zero-order chi connectivity index (χ0) is 9.07. The van der Waals surface area contributed by atoms with Gasteiger partial charge in [0.15, 0.2) is 0 Å². The molecule has 0 radical (unpaired) electrons. The van der Waals surface area contributed by atoms with Gasteiger partial charge in [-0.3, -0.25) is 0 Å². The number of methoxy groups -OCH3 is 1. The summed E-state index contributed by atoms with van der Waals surface area (Å²) in [5, 5.41) is 0. The van der Waals surface area contributed by atoms with Gasteiger partial charge in [0.2, 0.25) is 0 Å². The van der Waals surface area contributed by atoms with E-state index in [1.807, 2.05) is 0 Å². The maximum absolute atomic E-state index is 12.4. The van der Waals surface area contributed by atoms with E-state index in [4.69, 9.17) is 0 Å². The highest BCUT2D eigenvalue weighted by Gasteiger charge is 2.23. The Balaban J connectivity index is 3.88. The number of hydrogen-bond donors (Lipinski definition) is 0. The molecule has 4 heteroatoms. The summed E-state index contributed by atoms with van der Waals surface area (Å²) in [6.07, 6.45) is -1.98. The number of hydrogen-bond acceptors (Lipinski definition) is 3. The molecular formula is C7H13FO3. The first-order valence-corrected chi connectivity index (χ1v) is 3.26. The van der Waals surface area contributed by atoms with Crippen molar-refractivity contribution >= 4 is 5.97 Å². The van der Waals surface area contributed by atoms with Gasteiger partial charge in [-0.15, -0.1) is 0 Å². The minimum absolute atomic E-state index is 0.667. The SMILES string of the molecule is COC(F)C(=O)OC(C)(C)C. The smallest absolute Gasteiger partial charge is 0.369 e. The number of halogens is 1. The van der Waals surface area contributed by atoms with Crippen molar-refractivity contribution in [2.24, 2.45) is 0 Å². The first kappa shape index (κ1) is 10.4. The van der Waals surface area contributed by atoms with Crippen LogP contribution in [0.3, 0.4) is 0 Å². The molecular weight excluding hydrogens is 151 g/mol. The number of alkyl halides is 1. The number of esters is 1. The van der Waals surface area contributed by atoms with Crippen LogP contribution < -0.4 is 0 Å². The second-order valence-corrected chi connectivity index (χ2v) is 3.09. The number of carbonyl (C=O) groups is 1. The third-order valence-electron chi connectivity index (χ3n) is 0.799. The van der Waals surface area contributed by atoms with E-state index in [0.717, 1.165) is 7.11 Å². The third kappa shape index (κ3) is 4.72. The number of rotatable bonds is 2. The van der Waals surface area contributed by atoms with Crippen molar-refractivity contribution in [1.29, 1.82) is 0 Å². The Morgan fingerprint density at radius 3 is 2.18 bits per heavy atom. The van der Waals surface area contributed by atoms with Crippen LogP contribution in [-0.2, 0) is 14.3 Å². The number of carbonyl (C=O) groups excluding carboxylic acids is 1. The van der Waals surface area contributed by atoms with E-state index in [1.54, 1.807) is 20.8 Å². The van der Waals surface area contributed by atoms with Crippen molar-refractivity contribution in [2.75, 3.05) is 7.11 Å². The molecule has 0 saturated heterocycles. The van der Waals surface area contributed by atoms with Gasteiger partial charge < -0.3 is 9.47 Å². The standard InChI is InChI=1S/C7H13FO3/c1-7(2,3)11-6(9)5(8)10-4/h5H,1-4H3. The molecule has 0 fully saturated rings. The average Bonchev–Trinajstić information content (AvgIpc) is 1.82. The molecule has 0 aliphatic rings. The summed E-state index contributed by atoms with van der Waals surface area (Å²) < 4.78 is 21.1. The predicted octanol–water partition coefficient (Wildman–Crippen LogP) is 1.27. The Bertz CT molecular complexity index is 139. The van der Waals surface area contributed by atoms with Gasteiger partial charge in [0.05, 0.1) is 0 Å². The lowest BCUT2D eigenvalue weighted by Gasteiger charge is -2.20. The molecule has 3 nitrogen and oxygen atoms in total. The molecule has 1 unspecified atom stereocenters. The highest BCUT2D eigenvalue weighted by atomic mass is 19.1. The topological polar surface area (TPSA) is 35.5 Å². The van der Waals surface area contributed by atoms with Crippen LogP contribution >= 0.6 is 0 Å². The van der Waals surface area contributed by atoms with Crippen LogP contribution in [0.5, 0.6) is 0 Å². The molecule has 0 bridgehead atoms. The van der Waals surface area contributed by atoms with Gasteiger partial charge in [0, 0.05) is 7.11 Å². The fraction of sp³-hybridized carbons (Fsp3) is 0.857. The van der Waals surface area contributed by atoms with E-state index < -0.39 is 17.9 Å². The zero-order valence-corrected chi connectivity index (χ0v) is 7.18. The van der Waals surface area contributed by atoms with Crippen LogP contribution in [0, 0.1) is 0 Å². The molecule has 0 saturated carbocycles. The van der Waals surface area contributed by atoms with Crippen LogP contribution in [0.4, 0.5) is 4.39 Å². The van der Waals surface area contributed by atoms with E-state index in [-0.39, 0.29) is 0 Å². The molecule has 0 N–H and O–H groups in total. The molecule has 66 valence electrons. The molecule has 0 spiro atoms. The molecule has 0 aliphatic heterocycles. The lowest BCUT2D eigenvalue weighted by molar-refractivity contribution is -0.177. The summed E-state index contributed by atoms with van der Waals surface area (Å²) in [7, 11) is 1.11. The van der Waals surface area contributed by atoms with Crippen LogP contribution in [0.1, 0.15) is 20.8 Å². The van der Waals surface area contributed by atoms with Crippen molar-refractivity contribution in [1.82, 2.24) is 0 Å². The van der Waals surface area contributed by atoms with E-state index >= 15 is 0 Å². The van der Waals surface area contributed by atoms with Crippen molar-refractivity contribution in [3.63, 3.8) is 0 Å². The maximum atomic E-state index is 12.4. The minimum Gasteiger partial charge on any atom is -0.456 e. The van der Waals surface area contributed by atoms with Crippen molar-refractivity contribution in [3.05, 3.63) is 0 Å². The van der Waals surface area contributed by atoms with E-state index in [1.165, 1.54) is 0 Å². The second-order valence-electron chi connectivity index (χ2n) is 3.09. The van der Waals surface area contributed by atoms with Crippen LogP contribution in [0.25, 0.3) is 0 Å². The molecule has 0 aromatic rings. The minimum atomic E-state index is -1.98. The van der Waals surface area contributed by atoms with Crippen molar-refractivity contribution < 1.29 is 18.7 Å². The highest BCUT2D eigenvalue weighted by molar-refractivity contribution is 5.73. The lowest BCUT2D eigenvalue weighted by atomic mass is 10.2. The largest absolute Gasteiger partial charge is 0.456 e. The van der Waals surface area contributed by atoms with Gasteiger partial charge in [-0.2, -0.15) is 0 Å². The molecule has 0 heterocycles. The quantitative estimate of drug-likeness (QED) is 0.576. The summed E-state index contributed by atoms with van der Waals surface area (Å²) in [6.45, 7) is 4.98. The van der Waals surface area contributed by atoms with Gasteiger partial charge in [-0.1, -0.05) is 0 Å². The fourth-order valence-corrected chi connectivity index (χ4v) is 0.444. The molecule has 0 aromatic carbocycles. The molecule has 0 rings (SSSR count). The van der Waals surface area contributed by atoms with E-state index in [0.29, 0.717) is 0 Å². The summed E-state index contributed by atoms with van der Waals surface area (Å²) in [5.74, 6) is -0.986. The first-order valence-electron chi connectivity index (χ1n) is 3.26. The summed E-state index contributed by atoms with van der Waals surface area (Å²) in [5.41, 5.74) is -0.667. The number of ether oxygens (including phenoxy) is 2. The normalized spacial score (nSPS) is 14.3. The Labute approximate surface area is 65.5 Å². The highest BCUT2D eigenvalue weighted by Crippen LogP contribution is 2.09.